The van der Waals surface area contributed by atoms with Gasteiger partial charge in [0.05, 0.1) is 22.9 Å². The predicted molar refractivity (Wildman–Crippen MR) is 73.3 cm³/mol. The van der Waals surface area contributed by atoms with Gasteiger partial charge >= 0.3 is 0 Å². The monoisotopic (exact) mass is 315 g/mol. The summed E-state index contributed by atoms with van der Waals surface area (Å²) in [5, 5.41) is 20.6. The summed E-state index contributed by atoms with van der Waals surface area (Å²) in [7, 11) is 0. The van der Waals surface area contributed by atoms with Gasteiger partial charge in [0.15, 0.2) is 0 Å². The molecule has 0 saturated heterocycles. The Labute approximate surface area is 118 Å². The summed E-state index contributed by atoms with van der Waals surface area (Å²) in [5.74, 6) is -0.549. The van der Waals surface area contributed by atoms with Crippen LogP contribution in [0, 0.1) is 28.5 Å². The number of hydrogen-bond acceptors (Lipinski definition) is 3. The Morgan fingerprint density at radius 3 is 2.47 bits per heavy atom. The first-order chi connectivity index (χ1) is 9.13. The van der Waals surface area contributed by atoms with E-state index in [4.69, 9.17) is 10.5 Å². The quantitative estimate of drug-likeness (QED) is 0.908. The first kappa shape index (κ1) is 13.1. The minimum Gasteiger partial charge on any atom is -0.355 e. The molecule has 0 unspecified atom stereocenters. The first-order valence-electron chi connectivity index (χ1n) is 5.30. The van der Waals surface area contributed by atoms with Crippen molar-refractivity contribution in [2.24, 2.45) is 0 Å². The average molecular weight is 316 g/mol. The van der Waals surface area contributed by atoms with E-state index in [-0.39, 0.29) is 5.56 Å². The highest BCUT2D eigenvalue weighted by Gasteiger charge is 2.05. The van der Waals surface area contributed by atoms with Gasteiger partial charge in [-0.05, 0) is 52.3 Å². The molecular formula is C14H7BrFN3. The second-order valence-corrected chi connectivity index (χ2v) is 4.59. The predicted octanol–water partition coefficient (Wildman–Crippen LogP) is 4.08. The number of nitrogens with one attached hydrogen (secondary N) is 1. The third-order valence-electron chi connectivity index (χ3n) is 2.46. The summed E-state index contributed by atoms with van der Waals surface area (Å²) in [6.45, 7) is 0. The molecule has 0 saturated carbocycles. The molecule has 0 atom stereocenters. The third kappa shape index (κ3) is 2.90. The summed E-state index contributed by atoms with van der Waals surface area (Å²) in [6, 6.07) is 13.1. The van der Waals surface area contributed by atoms with E-state index in [1.807, 2.05) is 6.07 Å². The largest absolute Gasteiger partial charge is 0.355 e. The topological polar surface area (TPSA) is 59.6 Å². The lowest BCUT2D eigenvalue weighted by Gasteiger charge is -2.09. The van der Waals surface area contributed by atoms with Crippen LogP contribution in [-0.4, -0.2) is 0 Å². The van der Waals surface area contributed by atoms with Crippen LogP contribution in [0.3, 0.4) is 0 Å². The van der Waals surface area contributed by atoms with Crippen molar-refractivity contribution in [3.05, 3.63) is 57.8 Å². The standard InChI is InChI=1S/C14H7BrFN3/c15-12-5-9(7-17)1-4-14(12)19-11-2-3-13(16)10(6-11)8-18/h1-6,19H. The fourth-order valence-corrected chi connectivity index (χ4v) is 2.01. The van der Waals surface area contributed by atoms with E-state index >= 15 is 0 Å². The first-order valence-corrected chi connectivity index (χ1v) is 6.09. The number of rotatable bonds is 2. The van der Waals surface area contributed by atoms with Gasteiger partial charge in [-0.25, -0.2) is 4.39 Å². The molecule has 0 amide bonds. The van der Waals surface area contributed by atoms with Gasteiger partial charge < -0.3 is 5.32 Å². The van der Waals surface area contributed by atoms with Crippen LogP contribution in [0.4, 0.5) is 15.8 Å². The fraction of sp³-hybridized carbons (Fsp3) is 0. The molecule has 0 aromatic heterocycles. The molecule has 0 radical (unpaired) electrons. The maximum absolute atomic E-state index is 13.2. The second kappa shape index (κ2) is 5.51. The smallest absolute Gasteiger partial charge is 0.141 e. The van der Waals surface area contributed by atoms with E-state index < -0.39 is 5.82 Å². The van der Waals surface area contributed by atoms with Gasteiger partial charge in [-0.15, -0.1) is 0 Å². The summed E-state index contributed by atoms with van der Waals surface area (Å²) < 4.78 is 13.9. The van der Waals surface area contributed by atoms with Crippen molar-refractivity contribution in [2.75, 3.05) is 5.32 Å². The molecule has 2 aromatic carbocycles. The van der Waals surface area contributed by atoms with Crippen LogP contribution in [-0.2, 0) is 0 Å². The second-order valence-electron chi connectivity index (χ2n) is 3.74. The summed E-state index contributed by atoms with van der Waals surface area (Å²) >= 11 is 3.34. The molecule has 0 bridgehead atoms. The SMILES string of the molecule is N#Cc1ccc(Nc2ccc(F)c(C#N)c2)c(Br)c1. The van der Waals surface area contributed by atoms with E-state index in [1.165, 1.54) is 12.1 Å². The van der Waals surface area contributed by atoms with Gasteiger partial charge in [0, 0.05) is 10.2 Å². The minimum absolute atomic E-state index is 0.0187. The maximum atomic E-state index is 13.2. The average Bonchev–Trinajstić information content (AvgIpc) is 2.43. The molecule has 2 rings (SSSR count). The lowest BCUT2D eigenvalue weighted by Crippen LogP contribution is -1.94. The number of nitrogens with zero attached hydrogens (tertiary/aromatic N) is 2. The van der Waals surface area contributed by atoms with Gasteiger partial charge in [0.25, 0.3) is 0 Å². The van der Waals surface area contributed by atoms with Crippen LogP contribution in [0.5, 0.6) is 0 Å². The van der Waals surface area contributed by atoms with Gasteiger partial charge in [-0.3, -0.25) is 0 Å². The molecule has 19 heavy (non-hydrogen) atoms. The molecule has 0 heterocycles. The normalized spacial score (nSPS) is 9.47. The van der Waals surface area contributed by atoms with Crippen molar-refractivity contribution in [1.29, 1.82) is 10.5 Å². The molecule has 3 nitrogen and oxygen atoms in total. The molecule has 5 heteroatoms. The zero-order valence-corrected chi connectivity index (χ0v) is 11.2. The zero-order chi connectivity index (χ0) is 13.8. The van der Waals surface area contributed by atoms with Crippen LogP contribution >= 0.6 is 15.9 Å². The Bertz CT molecular complexity index is 714. The van der Waals surface area contributed by atoms with Crippen LogP contribution < -0.4 is 5.32 Å². The highest BCUT2D eigenvalue weighted by molar-refractivity contribution is 9.10. The molecule has 0 aliphatic rings. The molecule has 2 aromatic rings. The number of nitriles is 2. The molecule has 0 aliphatic heterocycles. The molecule has 1 N–H and O–H groups in total. The molecule has 0 fully saturated rings. The Morgan fingerprint density at radius 2 is 1.84 bits per heavy atom. The fourth-order valence-electron chi connectivity index (χ4n) is 1.53. The lowest BCUT2D eigenvalue weighted by molar-refractivity contribution is 0.624. The van der Waals surface area contributed by atoms with Crippen LogP contribution in [0.15, 0.2) is 40.9 Å². The number of hydrogen-bond donors (Lipinski definition) is 1. The summed E-state index contributed by atoms with van der Waals surface area (Å²) in [4.78, 5) is 0. The molecular weight excluding hydrogens is 309 g/mol. The van der Waals surface area contributed by atoms with Gasteiger partial charge in [0.2, 0.25) is 0 Å². The van der Waals surface area contributed by atoms with Crippen LogP contribution in [0.1, 0.15) is 11.1 Å². The van der Waals surface area contributed by atoms with Crippen molar-refractivity contribution in [2.45, 2.75) is 0 Å². The molecule has 0 aliphatic carbocycles. The van der Waals surface area contributed by atoms with Crippen molar-refractivity contribution in [3.8, 4) is 12.1 Å². The molecule has 0 spiro atoms. The highest BCUT2D eigenvalue weighted by atomic mass is 79.9. The minimum atomic E-state index is -0.549. The third-order valence-corrected chi connectivity index (χ3v) is 3.12. The van der Waals surface area contributed by atoms with Crippen molar-refractivity contribution < 1.29 is 4.39 Å². The number of anilines is 2. The zero-order valence-electron chi connectivity index (χ0n) is 9.61. The summed E-state index contributed by atoms with van der Waals surface area (Å²) in [5.41, 5.74) is 1.85. The van der Waals surface area contributed by atoms with Crippen molar-refractivity contribution in [3.63, 3.8) is 0 Å². The summed E-state index contributed by atoms with van der Waals surface area (Å²) in [6.07, 6.45) is 0. The van der Waals surface area contributed by atoms with E-state index in [9.17, 15) is 4.39 Å². The van der Waals surface area contributed by atoms with E-state index in [2.05, 4.69) is 21.2 Å². The number of halogens is 2. The van der Waals surface area contributed by atoms with Gasteiger partial charge in [-0.2, -0.15) is 10.5 Å². The Balaban J connectivity index is 2.32. The van der Waals surface area contributed by atoms with Crippen molar-refractivity contribution >= 4 is 27.3 Å². The highest BCUT2D eigenvalue weighted by Crippen LogP contribution is 2.27. The van der Waals surface area contributed by atoms with E-state index in [0.29, 0.717) is 11.3 Å². The van der Waals surface area contributed by atoms with Crippen molar-refractivity contribution in [1.82, 2.24) is 0 Å². The Kier molecular flexibility index (Phi) is 3.79. The van der Waals surface area contributed by atoms with E-state index in [1.54, 1.807) is 30.3 Å². The Morgan fingerprint density at radius 1 is 1.05 bits per heavy atom. The Hall–Kier alpha value is -2.37. The van der Waals surface area contributed by atoms with E-state index in [0.717, 1.165) is 10.2 Å². The number of benzene rings is 2. The lowest BCUT2D eigenvalue weighted by atomic mass is 10.2. The maximum Gasteiger partial charge on any atom is 0.141 e. The molecule has 92 valence electrons. The van der Waals surface area contributed by atoms with Gasteiger partial charge in [0.1, 0.15) is 11.9 Å². The van der Waals surface area contributed by atoms with Crippen LogP contribution in [0.25, 0.3) is 0 Å². The van der Waals surface area contributed by atoms with Crippen LogP contribution in [0.2, 0.25) is 0 Å². The van der Waals surface area contributed by atoms with Gasteiger partial charge in [-0.1, -0.05) is 0 Å².